The molecule has 2 rings (SSSR count). The Bertz CT molecular complexity index is 415. The number of hydrogen-bond acceptors (Lipinski definition) is 2. The summed E-state index contributed by atoms with van der Waals surface area (Å²) >= 11 is 5.92. The van der Waals surface area contributed by atoms with Crippen molar-refractivity contribution in [3.63, 3.8) is 0 Å². The van der Waals surface area contributed by atoms with Gasteiger partial charge in [-0.05, 0) is 55.8 Å². The van der Waals surface area contributed by atoms with Gasteiger partial charge in [0.15, 0.2) is 0 Å². The Morgan fingerprint density at radius 2 is 2.00 bits per heavy atom. The molecule has 4 heteroatoms. The quantitative estimate of drug-likeness (QED) is 0.719. The average molecular weight is 281 g/mol. The van der Waals surface area contributed by atoms with Gasteiger partial charge in [-0.15, -0.1) is 0 Å². The zero-order valence-electron chi connectivity index (χ0n) is 11.1. The molecule has 19 heavy (non-hydrogen) atoms. The van der Waals surface area contributed by atoms with Crippen molar-refractivity contribution in [2.24, 2.45) is 11.7 Å². The van der Waals surface area contributed by atoms with E-state index in [1.54, 1.807) is 0 Å². The lowest BCUT2D eigenvalue weighted by Gasteiger charge is -2.19. The summed E-state index contributed by atoms with van der Waals surface area (Å²) in [5, 5.41) is 4.37. The molecule has 0 spiro atoms. The van der Waals surface area contributed by atoms with Crippen LogP contribution in [-0.4, -0.2) is 12.5 Å². The largest absolute Gasteiger partial charge is 0.370 e. The molecule has 3 nitrogen and oxygen atoms in total. The predicted molar refractivity (Wildman–Crippen MR) is 78.0 cm³/mol. The zero-order chi connectivity index (χ0) is 13.7. The molecular weight excluding hydrogens is 260 g/mol. The molecule has 104 valence electrons. The van der Waals surface area contributed by atoms with Gasteiger partial charge in [0, 0.05) is 17.5 Å². The highest BCUT2D eigenvalue weighted by molar-refractivity contribution is 6.30. The van der Waals surface area contributed by atoms with Gasteiger partial charge in [-0.2, -0.15) is 0 Å². The van der Waals surface area contributed by atoms with E-state index in [4.69, 9.17) is 17.3 Å². The second-order valence-electron chi connectivity index (χ2n) is 5.24. The third-order valence-corrected chi connectivity index (χ3v) is 3.79. The Morgan fingerprint density at radius 1 is 1.32 bits per heavy atom. The third kappa shape index (κ3) is 4.84. The van der Waals surface area contributed by atoms with Crippen molar-refractivity contribution in [3.05, 3.63) is 34.9 Å². The highest BCUT2D eigenvalue weighted by Crippen LogP contribution is 2.41. The molecular formula is C15H21ClN2O. The number of halogens is 1. The maximum Gasteiger partial charge on any atom is 0.217 e. The minimum absolute atomic E-state index is 0.212. The summed E-state index contributed by atoms with van der Waals surface area (Å²) in [7, 11) is 0. The molecule has 1 aliphatic rings. The Labute approximate surface area is 119 Å². The first-order valence-corrected chi connectivity index (χ1v) is 7.32. The fourth-order valence-electron chi connectivity index (χ4n) is 2.34. The fourth-order valence-corrected chi connectivity index (χ4v) is 2.46. The van der Waals surface area contributed by atoms with Crippen molar-refractivity contribution in [1.29, 1.82) is 0 Å². The van der Waals surface area contributed by atoms with E-state index in [1.165, 1.54) is 18.4 Å². The van der Waals surface area contributed by atoms with Gasteiger partial charge < -0.3 is 11.1 Å². The van der Waals surface area contributed by atoms with Crippen LogP contribution in [0.15, 0.2) is 24.3 Å². The third-order valence-electron chi connectivity index (χ3n) is 3.54. The number of nitrogens with one attached hydrogen (secondary N) is 1. The number of nitrogens with two attached hydrogens (primary N) is 1. The van der Waals surface area contributed by atoms with Gasteiger partial charge in [0.1, 0.15) is 0 Å². The monoisotopic (exact) mass is 280 g/mol. The number of primary amides is 1. The number of hydrogen-bond donors (Lipinski definition) is 2. The van der Waals surface area contributed by atoms with Crippen LogP contribution in [0.5, 0.6) is 0 Å². The number of unbranched alkanes of at least 4 members (excludes halogenated alkanes) is 1. The molecule has 1 aromatic rings. The second kappa shape index (κ2) is 6.92. The van der Waals surface area contributed by atoms with Crippen LogP contribution in [0.2, 0.25) is 5.02 Å². The van der Waals surface area contributed by atoms with Crippen LogP contribution in [0.1, 0.15) is 43.7 Å². The number of rotatable bonds is 8. The van der Waals surface area contributed by atoms with Gasteiger partial charge in [0.2, 0.25) is 5.91 Å². The summed E-state index contributed by atoms with van der Waals surface area (Å²) in [6.45, 7) is 0.928. The van der Waals surface area contributed by atoms with E-state index in [2.05, 4.69) is 17.4 Å². The average Bonchev–Trinajstić information content (AvgIpc) is 3.19. The number of benzene rings is 1. The van der Waals surface area contributed by atoms with Gasteiger partial charge in [-0.3, -0.25) is 4.79 Å². The lowest BCUT2D eigenvalue weighted by molar-refractivity contribution is -0.118. The summed E-state index contributed by atoms with van der Waals surface area (Å²) in [4.78, 5) is 10.7. The van der Waals surface area contributed by atoms with Crippen LogP contribution < -0.4 is 11.1 Å². The van der Waals surface area contributed by atoms with Crippen LogP contribution in [0.4, 0.5) is 0 Å². The highest BCUT2D eigenvalue weighted by Gasteiger charge is 2.31. The summed E-state index contributed by atoms with van der Waals surface area (Å²) in [6.07, 6.45) is 4.92. The minimum Gasteiger partial charge on any atom is -0.370 e. The minimum atomic E-state index is -0.212. The van der Waals surface area contributed by atoms with Crippen molar-refractivity contribution < 1.29 is 4.79 Å². The van der Waals surface area contributed by atoms with Crippen LogP contribution in [0.25, 0.3) is 0 Å². The Balaban J connectivity index is 1.80. The first-order chi connectivity index (χ1) is 9.16. The van der Waals surface area contributed by atoms with Gasteiger partial charge in [-0.1, -0.05) is 23.7 Å². The molecule has 0 aromatic heterocycles. The van der Waals surface area contributed by atoms with Crippen molar-refractivity contribution in [3.8, 4) is 0 Å². The molecule has 0 aliphatic heterocycles. The molecule has 1 atom stereocenters. The Morgan fingerprint density at radius 3 is 2.58 bits per heavy atom. The van der Waals surface area contributed by atoms with Crippen LogP contribution >= 0.6 is 11.6 Å². The second-order valence-corrected chi connectivity index (χ2v) is 5.68. The molecule has 0 saturated heterocycles. The van der Waals surface area contributed by atoms with E-state index in [0.29, 0.717) is 12.5 Å². The molecule has 1 unspecified atom stereocenters. The van der Waals surface area contributed by atoms with Crippen LogP contribution in [0.3, 0.4) is 0 Å². The van der Waals surface area contributed by atoms with Crippen molar-refractivity contribution in [1.82, 2.24) is 5.32 Å². The van der Waals surface area contributed by atoms with E-state index < -0.39 is 0 Å². The van der Waals surface area contributed by atoms with Gasteiger partial charge in [0.05, 0.1) is 0 Å². The highest BCUT2D eigenvalue weighted by atomic mass is 35.5. The molecule has 1 saturated carbocycles. The van der Waals surface area contributed by atoms with Crippen molar-refractivity contribution >= 4 is 17.5 Å². The Hall–Kier alpha value is -1.06. The number of carbonyl (C=O) groups excluding carboxylic acids is 1. The molecule has 1 amide bonds. The number of amides is 1. The molecule has 1 aromatic carbocycles. The molecule has 1 fully saturated rings. The first-order valence-electron chi connectivity index (χ1n) is 6.94. The van der Waals surface area contributed by atoms with E-state index >= 15 is 0 Å². The maximum absolute atomic E-state index is 10.7. The molecule has 1 aliphatic carbocycles. The molecule has 3 N–H and O–H groups in total. The normalized spacial score (nSPS) is 16.3. The smallest absolute Gasteiger partial charge is 0.217 e. The van der Waals surface area contributed by atoms with E-state index in [9.17, 15) is 4.79 Å². The van der Waals surface area contributed by atoms with Crippen LogP contribution in [-0.2, 0) is 4.79 Å². The van der Waals surface area contributed by atoms with E-state index in [0.717, 1.165) is 30.3 Å². The summed E-state index contributed by atoms with van der Waals surface area (Å²) in [5.74, 6) is 0.536. The first kappa shape index (κ1) is 14.4. The van der Waals surface area contributed by atoms with Crippen molar-refractivity contribution in [2.45, 2.75) is 38.1 Å². The van der Waals surface area contributed by atoms with E-state index in [-0.39, 0.29) is 5.91 Å². The number of carbonyl (C=O) groups is 1. The van der Waals surface area contributed by atoms with Gasteiger partial charge >= 0.3 is 0 Å². The summed E-state index contributed by atoms with van der Waals surface area (Å²) < 4.78 is 0. The summed E-state index contributed by atoms with van der Waals surface area (Å²) in [5.41, 5.74) is 6.43. The fraction of sp³-hybridized carbons (Fsp3) is 0.533. The standard InChI is InChI=1S/C15H21ClN2O/c16-13-8-6-12(7-9-13)15(11-4-5-11)18-10-2-1-3-14(17)19/h6-9,11,15,18H,1-5,10H2,(H2,17,19). The van der Waals surface area contributed by atoms with Crippen molar-refractivity contribution in [2.75, 3.05) is 6.54 Å². The molecule has 0 radical (unpaired) electrons. The lowest BCUT2D eigenvalue weighted by Crippen LogP contribution is -2.24. The Kier molecular flexibility index (Phi) is 5.23. The SMILES string of the molecule is NC(=O)CCCCNC(c1ccc(Cl)cc1)C1CC1. The summed E-state index contributed by atoms with van der Waals surface area (Å²) in [6, 6.07) is 8.51. The van der Waals surface area contributed by atoms with Gasteiger partial charge in [-0.25, -0.2) is 0 Å². The molecule has 0 heterocycles. The zero-order valence-corrected chi connectivity index (χ0v) is 11.8. The lowest BCUT2D eigenvalue weighted by atomic mass is 10.0. The van der Waals surface area contributed by atoms with E-state index in [1.807, 2.05) is 12.1 Å². The molecule has 0 bridgehead atoms. The van der Waals surface area contributed by atoms with Crippen LogP contribution in [0, 0.1) is 5.92 Å². The van der Waals surface area contributed by atoms with Gasteiger partial charge in [0.25, 0.3) is 0 Å². The maximum atomic E-state index is 10.7. The topological polar surface area (TPSA) is 55.1 Å². The predicted octanol–water partition coefficient (Wildman–Crippen LogP) is 3.04.